The Morgan fingerprint density at radius 2 is 2.31 bits per heavy atom. The molecule has 88 valence electrons. The molecule has 0 fully saturated rings. The Balaban J connectivity index is 2.48. The van der Waals surface area contributed by atoms with Crippen LogP contribution in [0, 0.1) is 0 Å². The molecule has 6 heteroatoms. The lowest BCUT2D eigenvalue weighted by Crippen LogP contribution is -2.39. The molecule has 5 nitrogen and oxygen atoms in total. The molecule has 0 aliphatic rings. The molecular weight excluding hydrogens is 228 g/mol. The fraction of sp³-hybridized carbons (Fsp3) is 0.500. The van der Waals surface area contributed by atoms with Crippen LogP contribution in [0.4, 0.5) is 0 Å². The van der Waals surface area contributed by atoms with Crippen LogP contribution in [0.25, 0.3) is 0 Å². The minimum atomic E-state index is -1.04. The van der Waals surface area contributed by atoms with E-state index < -0.39 is 12.0 Å². The summed E-state index contributed by atoms with van der Waals surface area (Å²) in [4.78, 5) is 26.2. The molecule has 1 aromatic rings. The molecule has 0 aliphatic heterocycles. The zero-order chi connectivity index (χ0) is 12.1. The summed E-state index contributed by atoms with van der Waals surface area (Å²) >= 11 is 1.51. The van der Waals surface area contributed by atoms with Gasteiger partial charge in [0.05, 0.1) is 17.1 Å². The molecule has 1 atom stereocenters. The number of nitrogens with one attached hydrogen (secondary N) is 1. The first-order valence-electron chi connectivity index (χ1n) is 4.98. The first-order valence-corrected chi connectivity index (χ1v) is 5.86. The lowest BCUT2D eigenvalue weighted by Gasteiger charge is -2.07. The summed E-state index contributed by atoms with van der Waals surface area (Å²) in [7, 11) is 0. The summed E-state index contributed by atoms with van der Waals surface area (Å²) in [6, 6.07) is -0.864. The van der Waals surface area contributed by atoms with E-state index in [1.807, 2.05) is 12.3 Å². The van der Waals surface area contributed by atoms with E-state index in [4.69, 9.17) is 5.11 Å². The van der Waals surface area contributed by atoms with Gasteiger partial charge in [-0.2, -0.15) is 0 Å². The van der Waals surface area contributed by atoms with E-state index in [1.54, 1.807) is 0 Å². The Labute approximate surface area is 97.5 Å². The maximum atomic E-state index is 11.4. The molecule has 1 amide bonds. The van der Waals surface area contributed by atoms with Crippen LogP contribution in [0.1, 0.15) is 24.5 Å². The van der Waals surface area contributed by atoms with Crippen LogP contribution in [-0.2, 0) is 22.4 Å². The molecule has 0 aromatic carbocycles. The van der Waals surface area contributed by atoms with Crippen molar-refractivity contribution in [3.8, 4) is 0 Å². The highest BCUT2D eigenvalue weighted by atomic mass is 32.1. The van der Waals surface area contributed by atoms with Crippen LogP contribution in [0.2, 0.25) is 0 Å². The van der Waals surface area contributed by atoms with Gasteiger partial charge in [-0.1, -0.05) is 6.92 Å². The lowest BCUT2D eigenvalue weighted by atomic mass is 10.3. The van der Waals surface area contributed by atoms with Gasteiger partial charge in [-0.3, -0.25) is 9.59 Å². The molecule has 1 aromatic heterocycles. The number of aryl methyl sites for hydroxylation is 1. The highest BCUT2D eigenvalue weighted by molar-refractivity contribution is 7.09. The van der Waals surface area contributed by atoms with E-state index in [9.17, 15) is 9.59 Å². The number of carbonyl (C=O) groups excluding carboxylic acids is 1. The molecule has 0 radical (unpaired) electrons. The number of hydrogen-bond donors (Lipinski definition) is 2. The second-order valence-corrected chi connectivity index (χ2v) is 4.33. The van der Waals surface area contributed by atoms with Crippen molar-refractivity contribution in [2.75, 3.05) is 0 Å². The van der Waals surface area contributed by atoms with Gasteiger partial charge in [0, 0.05) is 5.38 Å². The minimum Gasteiger partial charge on any atom is -0.480 e. The van der Waals surface area contributed by atoms with E-state index in [-0.39, 0.29) is 12.3 Å². The third-order valence-corrected chi connectivity index (χ3v) is 3.03. The molecule has 0 spiro atoms. The van der Waals surface area contributed by atoms with Crippen molar-refractivity contribution in [1.82, 2.24) is 10.3 Å². The van der Waals surface area contributed by atoms with Gasteiger partial charge in [0.2, 0.25) is 5.91 Å². The lowest BCUT2D eigenvalue weighted by molar-refractivity contribution is -0.141. The summed E-state index contributed by atoms with van der Waals surface area (Å²) < 4.78 is 0. The van der Waals surface area contributed by atoms with Crippen LogP contribution in [-0.4, -0.2) is 28.0 Å². The quantitative estimate of drug-likeness (QED) is 0.801. The van der Waals surface area contributed by atoms with Gasteiger partial charge < -0.3 is 10.4 Å². The normalized spacial score (nSPS) is 12.1. The van der Waals surface area contributed by atoms with E-state index in [0.29, 0.717) is 5.69 Å². The number of thiazole rings is 1. The molecule has 0 saturated heterocycles. The Morgan fingerprint density at radius 1 is 1.62 bits per heavy atom. The Kier molecular flexibility index (Phi) is 4.42. The topological polar surface area (TPSA) is 79.3 Å². The van der Waals surface area contributed by atoms with Gasteiger partial charge in [0.1, 0.15) is 6.04 Å². The number of nitrogens with zero attached hydrogens (tertiary/aromatic N) is 1. The third-order valence-electron chi connectivity index (χ3n) is 1.99. The van der Waals surface area contributed by atoms with Gasteiger partial charge in [0.25, 0.3) is 0 Å². The van der Waals surface area contributed by atoms with Crippen molar-refractivity contribution in [2.45, 2.75) is 32.7 Å². The molecule has 0 bridgehead atoms. The second kappa shape index (κ2) is 5.60. The Bertz CT molecular complexity index is 389. The van der Waals surface area contributed by atoms with E-state index in [0.717, 1.165) is 11.4 Å². The van der Waals surface area contributed by atoms with Crippen LogP contribution < -0.4 is 5.32 Å². The number of aliphatic carboxylic acids is 1. The van der Waals surface area contributed by atoms with E-state index >= 15 is 0 Å². The fourth-order valence-electron chi connectivity index (χ4n) is 1.11. The van der Waals surface area contributed by atoms with Gasteiger partial charge >= 0.3 is 5.97 Å². The van der Waals surface area contributed by atoms with Crippen LogP contribution in [0.5, 0.6) is 0 Å². The molecular formula is C10H14N2O3S. The number of carbonyl (C=O) groups is 2. The van der Waals surface area contributed by atoms with Crippen molar-refractivity contribution in [1.29, 1.82) is 0 Å². The summed E-state index contributed by atoms with van der Waals surface area (Å²) in [5.74, 6) is -1.36. The first kappa shape index (κ1) is 12.6. The summed E-state index contributed by atoms with van der Waals surface area (Å²) in [5.41, 5.74) is 0.692. The van der Waals surface area contributed by atoms with Crippen molar-refractivity contribution < 1.29 is 14.7 Å². The Hall–Kier alpha value is -1.43. The first-order chi connectivity index (χ1) is 7.52. The summed E-state index contributed by atoms with van der Waals surface area (Å²) in [6.07, 6.45) is 0.978. The van der Waals surface area contributed by atoms with Gasteiger partial charge in [0.15, 0.2) is 0 Å². The van der Waals surface area contributed by atoms with Gasteiger partial charge in [-0.25, -0.2) is 4.98 Å². The molecule has 1 heterocycles. The second-order valence-electron chi connectivity index (χ2n) is 3.39. The largest absolute Gasteiger partial charge is 0.480 e. The number of aromatic nitrogens is 1. The SMILES string of the molecule is CCc1nc(CC(=O)N[C@@H](C)C(=O)O)cs1. The number of carboxylic acids is 1. The summed E-state index contributed by atoms with van der Waals surface area (Å²) in [6.45, 7) is 3.42. The standard InChI is InChI=1S/C10H14N2O3S/c1-3-9-12-7(5-16-9)4-8(13)11-6(2)10(14)15/h5-6H,3-4H2,1-2H3,(H,11,13)(H,14,15)/t6-/m0/s1. The smallest absolute Gasteiger partial charge is 0.325 e. The van der Waals surface area contributed by atoms with Crippen molar-refractivity contribution in [3.05, 3.63) is 16.1 Å². The van der Waals surface area contributed by atoms with Gasteiger partial charge in [-0.05, 0) is 13.3 Å². The predicted octanol–water partition coefficient (Wildman–Crippen LogP) is 0.837. The highest BCUT2D eigenvalue weighted by Gasteiger charge is 2.14. The predicted molar refractivity (Wildman–Crippen MR) is 60.4 cm³/mol. The number of hydrogen-bond acceptors (Lipinski definition) is 4. The fourth-order valence-corrected chi connectivity index (χ4v) is 1.86. The molecule has 0 aliphatic carbocycles. The van der Waals surface area contributed by atoms with E-state index in [1.165, 1.54) is 18.3 Å². The minimum absolute atomic E-state index is 0.133. The monoisotopic (exact) mass is 242 g/mol. The summed E-state index contributed by atoms with van der Waals surface area (Å²) in [5, 5.41) is 13.8. The van der Waals surface area contributed by atoms with Crippen molar-refractivity contribution >= 4 is 23.2 Å². The van der Waals surface area contributed by atoms with Crippen molar-refractivity contribution in [3.63, 3.8) is 0 Å². The van der Waals surface area contributed by atoms with E-state index in [2.05, 4.69) is 10.3 Å². The Morgan fingerprint density at radius 3 is 2.81 bits per heavy atom. The molecule has 2 N–H and O–H groups in total. The van der Waals surface area contributed by atoms with Crippen LogP contribution in [0.15, 0.2) is 5.38 Å². The maximum Gasteiger partial charge on any atom is 0.325 e. The molecule has 1 rings (SSSR count). The zero-order valence-corrected chi connectivity index (χ0v) is 10.0. The number of carboxylic acid groups (broad SMARTS) is 1. The van der Waals surface area contributed by atoms with Gasteiger partial charge in [-0.15, -0.1) is 11.3 Å². The number of amides is 1. The molecule has 16 heavy (non-hydrogen) atoms. The third kappa shape index (κ3) is 3.62. The zero-order valence-electron chi connectivity index (χ0n) is 9.19. The van der Waals surface area contributed by atoms with Crippen LogP contribution in [0.3, 0.4) is 0 Å². The molecule has 0 saturated carbocycles. The molecule has 0 unspecified atom stereocenters. The van der Waals surface area contributed by atoms with Crippen LogP contribution >= 0.6 is 11.3 Å². The average molecular weight is 242 g/mol. The average Bonchev–Trinajstić information content (AvgIpc) is 2.65. The van der Waals surface area contributed by atoms with Crippen molar-refractivity contribution in [2.24, 2.45) is 0 Å². The number of rotatable bonds is 5. The maximum absolute atomic E-state index is 11.4. The highest BCUT2D eigenvalue weighted by Crippen LogP contribution is 2.10.